The summed E-state index contributed by atoms with van der Waals surface area (Å²) in [5.74, 6) is -2.57. The van der Waals surface area contributed by atoms with Crippen LogP contribution in [0.1, 0.15) is 23.5 Å². The van der Waals surface area contributed by atoms with Gasteiger partial charge in [-0.05, 0) is 11.6 Å². The predicted molar refractivity (Wildman–Crippen MR) is 104 cm³/mol. The smallest absolute Gasteiger partial charge is 0.256 e. The Hall–Kier alpha value is -1.41. The highest BCUT2D eigenvalue weighted by molar-refractivity contribution is 6.68. The van der Waals surface area contributed by atoms with E-state index in [0.29, 0.717) is 21.7 Å². The average molecular weight is 429 g/mol. The molecular formula is C19H13Cl4NO2. The molecule has 7 heteroatoms. The Morgan fingerprint density at radius 2 is 1.69 bits per heavy atom. The molecule has 3 rings (SSSR count). The van der Waals surface area contributed by atoms with Gasteiger partial charge in [0.2, 0.25) is 0 Å². The van der Waals surface area contributed by atoms with Crippen molar-refractivity contribution in [3.63, 3.8) is 0 Å². The van der Waals surface area contributed by atoms with Crippen molar-refractivity contribution in [2.45, 2.75) is 21.9 Å². The molecule has 0 radical (unpaired) electrons. The van der Waals surface area contributed by atoms with Crippen LogP contribution >= 0.6 is 46.4 Å². The van der Waals surface area contributed by atoms with Gasteiger partial charge in [0, 0.05) is 22.9 Å². The number of aliphatic hydroxyl groups is 1. The first-order chi connectivity index (χ1) is 12.3. The number of benzene rings is 2. The summed E-state index contributed by atoms with van der Waals surface area (Å²) >= 11 is 24.3. The zero-order valence-electron chi connectivity index (χ0n) is 13.3. The summed E-state index contributed by atoms with van der Waals surface area (Å²) in [4.78, 5) is 0. The third kappa shape index (κ3) is 3.53. The molecule has 0 amide bonds. The first kappa shape index (κ1) is 19.4. The number of ether oxygens (including phenoxy) is 1. The molecule has 0 bridgehead atoms. The molecule has 0 aliphatic carbocycles. The van der Waals surface area contributed by atoms with Gasteiger partial charge in [-0.15, -0.1) is 0 Å². The van der Waals surface area contributed by atoms with Crippen LogP contribution in [-0.2, 0) is 4.74 Å². The SMILES string of the molecule is N#CC1=C(c2ccccc2)O[C@](O)(C(Cl)(Cl)Cl)C[C@@H]1c1ccccc1Cl. The van der Waals surface area contributed by atoms with Crippen LogP contribution in [0.5, 0.6) is 0 Å². The van der Waals surface area contributed by atoms with Crippen molar-refractivity contribution in [2.75, 3.05) is 0 Å². The number of nitriles is 1. The lowest BCUT2D eigenvalue weighted by Crippen LogP contribution is -2.48. The fourth-order valence-electron chi connectivity index (χ4n) is 2.93. The first-order valence-electron chi connectivity index (χ1n) is 7.69. The van der Waals surface area contributed by atoms with Crippen molar-refractivity contribution >= 4 is 52.2 Å². The fourth-order valence-corrected chi connectivity index (χ4v) is 3.55. The van der Waals surface area contributed by atoms with E-state index in [0.717, 1.165) is 0 Å². The number of hydrogen-bond acceptors (Lipinski definition) is 3. The van der Waals surface area contributed by atoms with Crippen LogP contribution in [0.3, 0.4) is 0 Å². The second-order valence-corrected chi connectivity index (χ2v) is 8.57. The predicted octanol–water partition coefficient (Wildman–Crippen LogP) is 5.84. The quantitative estimate of drug-likeness (QED) is 0.611. The van der Waals surface area contributed by atoms with Gasteiger partial charge in [0.25, 0.3) is 9.58 Å². The van der Waals surface area contributed by atoms with E-state index < -0.39 is 15.5 Å². The largest absolute Gasteiger partial charge is 0.456 e. The molecule has 2 atom stereocenters. The second kappa shape index (κ2) is 7.31. The van der Waals surface area contributed by atoms with E-state index in [4.69, 9.17) is 51.1 Å². The zero-order chi connectivity index (χ0) is 18.9. The van der Waals surface area contributed by atoms with Gasteiger partial charge in [0.15, 0.2) is 0 Å². The molecule has 0 fully saturated rings. The summed E-state index contributed by atoms with van der Waals surface area (Å²) in [5.41, 5.74) is 1.55. The number of halogens is 4. The van der Waals surface area contributed by atoms with Crippen molar-refractivity contribution < 1.29 is 9.84 Å². The second-order valence-electron chi connectivity index (χ2n) is 5.88. The maximum atomic E-state index is 11.0. The molecule has 1 aliphatic heterocycles. The molecule has 3 nitrogen and oxygen atoms in total. The standard InChI is InChI=1S/C19H13Cl4NO2/c20-16-9-5-4-8-13(16)14-10-18(25,19(21,22)23)26-17(15(14)11-24)12-6-2-1-3-7-12/h1-9,14,25H,10H2/t14-,18+/m1/s1. The molecule has 26 heavy (non-hydrogen) atoms. The van der Waals surface area contributed by atoms with Crippen LogP contribution < -0.4 is 0 Å². The molecule has 0 aromatic heterocycles. The van der Waals surface area contributed by atoms with Gasteiger partial charge >= 0.3 is 0 Å². The topological polar surface area (TPSA) is 53.2 Å². The molecule has 0 saturated carbocycles. The summed E-state index contributed by atoms with van der Waals surface area (Å²) in [6.07, 6.45) is -0.132. The van der Waals surface area contributed by atoms with Gasteiger partial charge in [-0.1, -0.05) is 94.9 Å². The number of rotatable bonds is 2. The van der Waals surface area contributed by atoms with E-state index in [2.05, 4.69) is 6.07 Å². The average Bonchev–Trinajstić information content (AvgIpc) is 2.61. The van der Waals surface area contributed by atoms with Crippen molar-refractivity contribution in [1.82, 2.24) is 0 Å². The van der Waals surface area contributed by atoms with E-state index >= 15 is 0 Å². The number of hydrogen-bond donors (Lipinski definition) is 1. The van der Waals surface area contributed by atoms with E-state index in [1.165, 1.54) is 0 Å². The summed E-state index contributed by atoms with van der Waals surface area (Å²) in [5, 5.41) is 21.2. The van der Waals surface area contributed by atoms with Crippen molar-refractivity contribution in [3.8, 4) is 6.07 Å². The fraction of sp³-hybridized carbons (Fsp3) is 0.211. The zero-order valence-corrected chi connectivity index (χ0v) is 16.3. The molecule has 0 spiro atoms. The van der Waals surface area contributed by atoms with Crippen molar-refractivity contribution in [1.29, 1.82) is 5.26 Å². The minimum absolute atomic E-state index is 0.132. The van der Waals surface area contributed by atoms with Gasteiger partial charge in [-0.25, -0.2) is 0 Å². The molecule has 2 aromatic carbocycles. The van der Waals surface area contributed by atoms with E-state index in [-0.39, 0.29) is 12.2 Å². The van der Waals surface area contributed by atoms with Crippen LogP contribution in [0.4, 0.5) is 0 Å². The lowest BCUT2D eigenvalue weighted by molar-refractivity contribution is -0.166. The van der Waals surface area contributed by atoms with Crippen LogP contribution in [0.25, 0.3) is 5.76 Å². The van der Waals surface area contributed by atoms with Crippen molar-refractivity contribution in [2.24, 2.45) is 0 Å². The molecule has 1 N–H and O–H groups in total. The third-order valence-corrected chi connectivity index (χ3v) is 5.45. The lowest BCUT2D eigenvalue weighted by atomic mass is 9.82. The van der Waals surface area contributed by atoms with Crippen LogP contribution in [0.15, 0.2) is 60.2 Å². The summed E-state index contributed by atoms with van der Waals surface area (Å²) < 4.78 is 3.56. The van der Waals surface area contributed by atoms with E-state index in [1.54, 1.807) is 48.5 Å². The van der Waals surface area contributed by atoms with Crippen molar-refractivity contribution in [3.05, 3.63) is 76.3 Å². The van der Waals surface area contributed by atoms with Gasteiger partial charge < -0.3 is 9.84 Å². The highest BCUT2D eigenvalue weighted by Gasteiger charge is 2.55. The highest BCUT2D eigenvalue weighted by atomic mass is 35.6. The Balaban J connectivity index is 2.24. The molecule has 1 aliphatic rings. The van der Waals surface area contributed by atoms with Crippen LogP contribution in [-0.4, -0.2) is 14.7 Å². The number of allylic oxidation sites excluding steroid dienone is 1. The van der Waals surface area contributed by atoms with Crippen LogP contribution in [0.2, 0.25) is 5.02 Å². The van der Waals surface area contributed by atoms with Gasteiger partial charge in [0.05, 0.1) is 11.6 Å². The molecule has 134 valence electrons. The maximum Gasteiger partial charge on any atom is 0.256 e. The number of alkyl halides is 3. The summed E-state index contributed by atoms with van der Waals surface area (Å²) in [7, 11) is 0. The first-order valence-corrected chi connectivity index (χ1v) is 9.20. The minimum atomic E-state index is -2.13. The molecule has 0 saturated heterocycles. The molecular weight excluding hydrogens is 416 g/mol. The summed E-state index contributed by atoms with van der Waals surface area (Å²) in [6.45, 7) is 0. The minimum Gasteiger partial charge on any atom is -0.456 e. The monoisotopic (exact) mass is 427 g/mol. The Morgan fingerprint density at radius 3 is 2.27 bits per heavy atom. The third-order valence-electron chi connectivity index (χ3n) is 4.22. The maximum absolute atomic E-state index is 11.0. The molecule has 1 heterocycles. The Bertz CT molecular complexity index is 886. The highest BCUT2D eigenvalue weighted by Crippen LogP contribution is 2.53. The van der Waals surface area contributed by atoms with Gasteiger partial charge in [0.1, 0.15) is 5.76 Å². The summed E-state index contributed by atoms with van der Waals surface area (Å²) in [6, 6.07) is 18.1. The Morgan fingerprint density at radius 1 is 1.08 bits per heavy atom. The van der Waals surface area contributed by atoms with E-state index in [1.807, 2.05) is 6.07 Å². The Labute approximate surface area is 171 Å². The lowest BCUT2D eigenvalue weighted by Gasteiger charge is -2.42. The normalized spacial score (nSPS) is 23.3. The molecule has 0 unspecified atom stereocenters. The van der Waals surface area contributed by atoms with Gasteiger partial charge in [-0.2, -0.15) is 5.26 Å². The Kier molecular flexibility index (Phi) is 5.44. The molecule has 2 aromatic rings. The number of nitrogens with zero attached hydrogens (tertiary/aromatic N) is 1. The van der Waals surface area contributed by atoms with E-state index in [9.17, 15) is 10.4 Å². The van der Waals surface area contributed by atoms with Crippen LogP contribution in [0, 0.1) is 11.3 Å². The van der Waals surface area contributed by atoms with Gasteiger partial charge in [-0.3, -0.25) is 0 Å².